The number of nitrogens with zero attached hydrogens (tertiary/aromatic N) is 3. The van der Waals surface area contributed by atoms with Crippen molar-refractivity contribution in [1.29, 1.82) is 0 Å². The molecular formula is C33H19N3S2. The van der Waals surface area contributed by atoms with Gasteiger partial charge in [0.25, 0.3) is 0 Å². The Hall–Kier alpha value is -4.45. The Bertz CT molecular complexity index is 2010. The largest absolute Gasteiger partial charge is 0.208 e. The highest BCUT2D eigenvalue weighted by atomic mass is 32.1. The first-order valence-electron chi connectivity index (χ1n) is 12.4. The lowest BCUT2D eigenvalue weighted by Crippen LogP contribution is -2.00. The SMILES string of the molecule is c1ccc(-c2nc(-c3ccc4sc5ccccc5c4c3)nc(-c3ccc4sc5ccccc5c4c3)n2)cc1. The third kappa shape index (κ3) is 3.51. The van der Waals surface area contributed by atoms with Crippen molar-refractivity contribution < 1.29 is 0 Å². The van der Waals surface area contributed by atoms with Crippen molar-refractivity contribution >= 4 is 63.0 Å². The third-order valence-electron chi connectivity index (χ3n) is 6.94. The molecule has 0 bridgehead atoms. The molecule has 5 aromatic carbocycles. The number of thiophene rings is 2. The molecule has 8 aromatic rings. The number of aromatic nitrogens is 3. The van der Waals surface area contributed by atoms with Crippen LogP contribution in [0.15, 0.2) is 115 Å². The van der Waals surface area contributed by atoms with Crippen LogP contribution in [0.25, 0.3) is 74.5 Å². The minimum absolute atomic E-state index is 0.677. The molecule has 5 heteroatoms. The van der Waals surface area contributed by atoms with Crippen LogP contribution in [0.1, 0.15) is 0 Å². The van der Waals surface area contributed by atoms with Gasteiger partial charge in [-0.3, -0.25) is 0 Å². The van der Waals surface area contributed by atoms with Crippen molar-refractivity contribution in [2.24, 2.45) is 0 Å². The minimum Gasteiger partial charge on any atom is -0.208 e. The van der Waals surface area contributed by atoms with E-state index in [0.29, 0.717) is 17.5 Å². The molecule has 0 unspecified atom stereocenters. The van der Waals surface area contributed by atoms with Gasteiger partial charge in [0, 0.05) is 57.0 Å². The van der Waals surface area contributed by atoms with Gasteiger partial charge in [-0.1, -0.05) is 66.7 Å². The summed E-state index contributed by atoms with van der Waals surface area (Å²) >= 11 is 3.63. The summed E-state index contributed by atoms with van der Waals surface area (Å²) in [5.41, 5.74) is 2.95. The molecule has 3 aromatic heterocycles. The Morgan fingerprint density at radius 3 is 1.29 bits per heavy atom. The molecule has 8 rings (SSSR count). The standard InChI is InChI=1S/C33H19N3S2/c1-2-8-20(9-3-1)31-34-32(21-14-16-29-25(18-21)23-10-4-6-12-27(23)37-29)36-33(35-31)22-15-17-30-26(19-22)24-11-5-7-13-28(24)38-30/h1-19H. The maximum Gasteiger partial charge on any atom is 0.164 e. The van der Waals surface area contributed by atoms with Gasteiger partial charge < -0.3 is 0 Å². The maximum atomic E-state index is 5.03. The number of hydrogen-bond donors (Lipinski definition) is 0. The molecule has 0 saturated heterocycles. The third-order valence-corrected chi connectivity index (χ3v) is 9.24. The molecule has 0 aliphatic rings. The van der Waals surface area contributed by atoms with Gasteiger partial charge >= 0.3 is 0 Å². The van der Waals surface area contributed by atoms with Crippen LogP contribution in [0, 0.1) is 0 Å². The van der Waals surface area contributed by atoms with Gasteiger partial charge in [-0.25, -0.2) is 15.0 Å². The van der Waals surface area contributed by atoms with Crippen molar-refractivity contribution in [2.75, 3.05) is 0 Å². The molecule has 0 radical (unpaired) electrons. The van der Waals surface area contributed by atoms with Crippen molar-refractivity contribution in [3.63, 3.8) is 0 Å². The second-order valence-corrected chi connectivity index (χ2v) is 11.5. The smallest absolute Gasteiger partial charge is 0.164 e. The normalized spacial score (nSPS) is 11.7. The molecule has 178 valence electrons. The number of rotatable bonds is 3. The summed E-state index contributed by atoms with van der Waals surface area (Å²) in [6.07, 6.45) is 0. The summed E-state index contributed by atoms with van der Waals surface area (Å²) in [5.74, 6) is 2.04. The molecule has 0 saturated carbocycles. The zero-order valence-corrected chi connectivity index (χ0v) is 21.8. The van der Waals surface area contributed by atoms with Gasteiger partial charge in [0.2, 0.25) is 0 Å². The van der Waals surface area contributed by atoms with Crippen molar-refractivity contribution in [3.8, 4) is 34.2 Å². The van der Waals surface area contributed by atoms with Gasteiger partial charge in [0.1, 0.15) is 0 Å². The summed E-state index contributed by atoms with van der Waals surface area (Å²) in [6.45, 7) is 0. The van der Waals surface area contributed by atoms with E-state index in [0.717, 1.165) is 16.7 Å². The maximum absolute atomic E-state index is 5.03. The van der Waals surface area contributed by atoms with Gasteiger partial charge in [0.05, 0.1) is 0 Å². The van der Waals surface area contributed by atoms with E-state index in [2.05, 4.69) is 84.9 Å². The Morgan fingerprint density at radius 1 is 0.342 bits per heavy atom. The number of benzene rings is 5. The fourth-order valence-corrected chi connectivity index (χ4v) is 7.25. The van der Waals surface area contributed by atoms with Crippen molar-refractivity contribution in [1.82, 2.24) is 15.0 Å². The van der Waals surface area contributed by atoms with Crippen LogP contribution in [0.4, 0.5) is 0 Å². The van der Waals surface area contributed by atoms with E-state index in [-0.39, 0.29) is 0 Å². The highest BCUT2D eigenvalue weighted by molar-refractivity contribution is 7.26. The van der Waals surface area contributed by atoms with Crippen LogP contribution in [0.2, 0.25) is 0 Å². The van der Waals surface area contributed by atoms with E-state index < -0.39 is 0 Å². The Morgan fingerprint density at radius 2 is 0.763 bits per heavy atom. The molecule has 0 atom stereocenters. The molecule has 0 fully saturated rings. The predicted molar refractivity (Wildman–Crippen MR) is 162 cm³/mol. The van der Waals surface area contributed by atoms with Gasteiger partial charge in [-0.15, -0.1) is 22.7 Å². The fraction of sp³-hybridized carbons (Fsp3) is 0. The zero-order chi connectivity index (χ0) is 25.1. The van der Waals surface area contributed by atoms with Crippen molar-refractivity contribution in [3.05, 3.63) is 115 Å². The monoisotopic (exact) mass is 521 g/mol. The summed E-state index contributed by atoms with van der Waals surface area (Å²) < 4.78 is 5.11. The lowest BCUT2D eigenvalue weighted by Gasteiger charge is -2.09. The van der Waals surface area contributed by atoms with Crippen LogP contribution < -0.4 is 0 Å². The topological polar surface area (TPSA) is 38.7 Å². The minimum atomic E-state index is 0.677. The summed E-state index contributed by atoms with van der Waals surface area (Å²) in [6, 6.07) is 40.3. The molecule has 0 N–H and O–H groups in total. The number of fused-ring (bicyclic) bond motifs is 6. The molecular weight excluding hydrogens is 503 g/mol. The summed E-state index contributed by atoms with van der Waals surface area (Å²) in [5, 5.41) is 5.00. The molecule has 0 spiro atoms. The van der Waals surface area contributed by atoms with Crippen LogP contribution in [0.5, 0.6) is 0 Å². The van der Waals surface area contributed by atoms with Crippen LogP contribution in [-0.4, -0.2) is 15.0 Å². The number of hydrogen-bond acceptors (Lipinski definition) is 5. The van der Waals surface area contributed by atoms with Crippen LogP contribution in [-0.2, 0) is 0 Å². The van der Waals surface area contributed by atoms with E-state index in [1.54, 1.807) is 0 Å². The quantitative estimate of drug-likeness (QED) is 0.232. The van der Waals surface area contributed by atoms with E-state index in [9.17, 15) is 0 Å². The lowest BCUT2D eigenvalue weighted by molar-refractivity contribution is 1.08. The van der Waals surface area contributed by atoms with E-state index >= 15 is 0 Å². The Labute approximate surface area is 226 Å². The summed E-state index contributed by atoms with van der Waals surface area (Å²) in [4.78, 5) is 14.9. The highest BCUT2D eigenvalue weighted by Crippen LogP contribution is 2.38. The summed E-state index contributed by atoms with van der Waals surface area (Å²) in [7, 11) is 0. The Kier molecular flexibility index (Phi) is 4.87. The van der Waals surface area contributed by atoms with Crippen molar-refractivity contribution in [2.45, 2.75) is 0 Å². The first-order chi connectivity index (χ1) is 18.8. The van der Waals surface area contributed by atoms with E-state index in [1.807, 2.05) is 53.0 Å². The zero-order valence-electron chi connectivity index (χ0n) is 20.1. The average molecular weight is 522 g/mol. The van der Waals surface area contributed by atoms with Crippen LogP contribution in [0.3, 0.4) is 0 Å². The highest BCUT2D eigenvalue weighted by Gasteiger charge is 2.15. The molecule has 3 nitrogen and oxygen atoms in total. The van der Waals surface area contributed by atoms with Crippen LogP contribution >= 0.6 is 22.7 Å². The van der Waals surface area contributed by atoms with E-state index in [4.69, 9.17) is 15.0 Å². The second kappa shape index (κ2) is 8.55. The second-order valence-electron chi connectivity index (χ2n) is 9.29. The first-order valence-corrected chi connectivity index (χ1v) is 14.1. The van der Waals surface area contributed by atoms with Gasteiger partial charge in [-0.05, 0) is 48.5 Å². The molecule has 0 aliphatic carbocycles. The predicted octanol–water partition coefficient (Wildman–Crippen LogP) is 9.61. The fourth-order valence-electron chi connectivity index (χ4n) is 5.08. The molecule has 0 aliphatic heterocycles. The Balaban J connectivity index is 1.35. The van der Waals surface area contributed by atoms with E-state index in [1.165, 1.54) is 40.3 Å². The average Bonchev–Trinajstić information content (AvgIpc) is 3.55. The van der Waals surface area contributed by atoms with Gasteiger partial charge in [0.15, 0.2) is 17.5 Å². The molecule has 0 amide bonds. The molecule has 38 heavy (non-hydrogen) atoms. The molecule has 3 heterocycles. The first kappa shape index (κ1) is 21.6. The van der Waals surface area contributed by atoms with Gasteiger partial charge in [-0.2, -0.15) is 0 Å². The lowest BCUT2D eigenvalue weighted by atomic mass is 10.1.